The van der Waals surface area contributed by atoms with Gasteiger partial charge in [-0.3, -0.25) is 0 Å². The Morgan fingerprint density at radius 1 is 1.04 bits per heavy atom. The molecule has 1 heterocycles. The summed E-state index contributed by atoms with van der Waals surface area (Å²) in [5.74, 6) is 1.59. The van der Waals surface area contributed by atoms with Crippen molar-refractivity contribution in [3.63, 3.8) is 0 Å². The first kappa shape index (κ1) is 16.0. The van der Waals surface area contributed by atoms with E-state index in [4.69, 9.17) is 4.74 Å². The lowest BCUT2D eigenvalue weighted by Gasteiger charge is -2.60. The maximum atomic E-state index is 11.0. The van der Waals surface area contributed by atoms with Gasteiger partial charge in [0.15, 0.2) is 0 Å². The number of ether oxygens (including phenoxy) is 1. The van der Waals surface area contributed by atoms with Gasteiger partial charge in [0.05, 0.1) is 24.4 Å². The Bertz CT molecular complexity index is 562. The number of rotatable bonds is 1. The summed E-state index contributed by atoms with van der Waals surface area (Å²) in [4.78, 5) is 0. The standard InChI is InChI=1S/C20H32O4/c1-17-6-4-15-13(14(17)5-7-18(17,2)23)9-16-20(24-16)10-12(22)3-8-19(15,20)11-21/h12-16,21-23H,3-11H2,1-2H3/t12?,13-,14-,15+,16?,17-,18?,19-,20?/m0/s1. The van der Waals surface area contributed by atoms with Crippen LogP contribution in [0.3, 0.4) is 0 Å². The number of hydrogen-bond donors (Lipinski definition) is 3. The summed E-state index contributed by atoms with van der Waals surface area (Å²) in [6, 6.07) is 0. The Morgan fingerprint density at radius 2 is 1.79 bits per heavy atom. The molecule has 5 fully saturated rings. The number of hydrogen-bond acceptors (Lipinski definition) is 4. The average molecular weight is 336 g/mol. The number of aliphatic hydroxyl groups is 3. The van der Waals surface area contributed by atoms with Crippen molar-refractivity contribution in [2.75, 3.05) is 6.61 Å². The van der Waals surface area contributed by atoms with Crippen LogP contribution in [0.1, 0.15) is 65.2 Å². The first-order valence-electron chi connectivity index (χ1n) is 9.99. The van der Waals surface area contributed by atoms with Crippen LogP contribution in [-0.4, -0.2) is 45.3 Å². The smallest absolute Gasteiger partial charge is 0.105 e. The van der Waals surface area contributed by atoms with Crippen LogP contribution in [0, 0.1) is 28.6 Å². The molecule has 4 unspecified atom stereocenters. The molecule has 0 amide bonds. The van der Waals surface area contributed by atoms with Crippen LogP contribution in [0.5, 0.6) is 0 Å². The molecule has 4 saturated carbocycles. The van der Waals surface area contributed by atoms with E-state index >= 15 is 0 Å². The summed E-state index contributed by atoms with van der Waals surface area (Å²) in [6.45, 7) is 4.52. The summed E-state index contributed by atoms with van der Waals surface area (Å²) in [6.07, 6.45) is 7.55. The highest BCUT2D eigenvalue weighted by molar-refractivity contribution is 5.26. The normalized spacial score (nSPS) is 64.6. The lowest BCUT2D eigenvalue weighted by atomic mass is 9.44. The molecule has 1 spiro atoms. The molecule has 1 saturated heterocycles. The van der Waals surface area contributed by atoms with Crippen LogP contribution in [0.15, 0.2) is 0 Å². The van der Waals surface area contributed by atoms with Crippen molar-refractivity contribution >= 4 is 0 Å². The summed E-state index contributed by atoms with van der Waals surface area (Å²) in [5.41, 5.74) is -0.963. The molecule has 5 rings (SSSR count). The molecular formula is C20H32O4. The lowest BCUT2D eigenvalue weighted by Crippen LogP contribution is -2.62. The van der Waals surface area contributed by atoms with Crippen molar-refractivity contribution in [1.29, 1.82) is 0 Å². The Labute approximate surface area is 144 Å². The largest absolute Gasteiger partial charge is 0.396 e. The van der Waals surface area contributed by atoms with Crippen molar-refractivity contribution in [2.45, 2.75) is 88.6 Å². The SMILES string of the molecule is CC1(O)CC[C@H]2[C@@H]3CC4OC45CC(O)CC[C@]5(CO)[C@@H]3CC[C@@]21C. The van der Waals surface area contributed by atoms with Gasteiger partial charge in [0.2, 0.25) is 0 Å². The fraction of sp³-hybridized carbons (Fsp3) is 1.00. The zero-order chi connectivity index (χ0) is 17.0. The van der Waals surface area contributed by atoms with Crippen LogP contribution in [0.4, 0.5) is 0 Å². The minimum absolute atomic E-state index is 0.00782. The van der Waals surface area contributed by atoms with Gasteiger partial charge in [-0.15, -0.1) is 0 Å². The maximum absolute atomic E-state index is 11.0. The fourth-order valence-electron chi connectivity index (χ4n) is 7.99. The molecule has 0 bridgehead atoms. The van der Waals surface area contributed by atoms with Gasteiger partial charge in [-0.2, -0.15) is 0 Å². The third-order valence-electron chi connectivity index (χ3n) is 9.60. The maximum Gasteiger partial charge on any atom is 0.105 e. The monoisotopic (exact) mass is 336 g/mol. The first-order valence-corrected chi connectivity index (χ1v) is 9.99. The number of epoxide rings is 1. The van der Waals surface area contributed by atoms with Gasteiger partial charge in [0.25, 0.3) is 0 Å². The molecule has 0 aromatic heterocycles. The highest BCUT2D eigenvalue weighted by atomic mass is 16.6. The second-order valence-corrected chi connectivity index (χ2v) is 10.1. The van der Waals surface area contributed by atoms with E-state index in [0.717, 1.165) is 44.9 Å². The van der Waals surface area contributed by atoms with Crippen molar-refractivity contribution in [1.82, 2.24) is 0 Å². The molecule has 0 radical (unpaired) electrons. The summed E-state index contributed by atoms with van der Waals surface area (Å²) in [7, 11) is 0. The van der Waals surface area contributed by atoms with E-state index in [-0.39, 0.29) is 35.2 Å². The van der Waals surface area contributed by atoms with Crippen molar-refractivity contribution < 1.29 is 20.1 Å². The second-order valence-electron chi connectivity index (χ2n) is 10.1. The molecule has 0 aromatic rings. The van der Waals surface area contributed by atoms with Gasteiger partial charge in [0.1, 0.15) is 5.60 Å². The van der Waals surface area contributed by atoms with E-state index in [1.807, 2.05) is 6.92 Å². The molecule has 9 atom stereocenters. The molecule has 24 heavy (non-hydrogen) atoms. The second kappa shape index (κ2) is 4.57. The lowest BCUT2D eigenvalue weighted by molar-refractivity contribution is -0.161. The number of fused-ring (bicyclic) bond motifs is 4. The zero-order valence-electron chi connectivity index (χ0n) is 15.0. The summed E-state index contributed by atoms with van der Waals surface area (Å²) < 4.78 is 6.28. The molecule has 1 aliphatic heterocycles. The van der Waals surface area contributed by atoms with Gasteiger partial charge in [-0.05, 0) is 75.0 Å². The highest BCUT2D eigenvalue weighted by Gasteiger charge is 2.78. The predicted molar refractivity (Wildman–Crippen MR) is 89.3 cm³/mol. The van der Waals surface area contributed by atoms with Gasteiger partial charge in [-0.1, -0.05) is 6.92 Å². The van der Waals surface area contributed by atoms with E-state index in [1.165, 1.54) is 0 Å². The topological polar surface area (TPSA) is 73.2 Å². The van der Waals surface area contributed by atoms with Crippen LogP contribution in [0.2, 0.25) is 0 Å². The molecule has 0 aromatic carbocycles. The Hall–Kier alpha value is -0.160. The molecule has 4 heteroatoms. The van der Waals surface area contributed by atoms with Gasteiger partial charge >= 0.3 is 0 Å². The van der Waals surface area contributed by atoms with Crippen molar-refractivity contribution in [2.24, 2.45) is 28.6 Å². The first-order chi connectivity index (χ1) is 11.3. The third-order valence-corrected chi connectivity index (χ3v) is 9.60. The highest BCUT2D eigenvalue weighted by Crippen LogP contribution is 2.74. The summed E-state index contributed by atoms with van der Waals surface area (Å²) in [5, 5.41) is 31.7. The molecule has 136 valence electrons. The Kier molecular flexibility index (Phi) is 3.05. The zero-order valence-corrected chi connectivity index (χ0v) is 15.0. The molecule has 3 N–H and O–H groups in total. The quantitative estimate of drug-likeness (QED) is 0.642. The van der Waals surface area contributed by atoms with E-state index in [1.54, 1.807) is 0 Å². The van der Waals surface area contributed by atoms with Crippen LogP contribution >= 0.6 is 0 Å². The molecule has 4 nitrogen and oxygen atoms in total. The minimum Gasteiger partial charge on any atom is -0.396 e. The Balaban J connectivity index is 1.54. The van der Waals surface area contributed by atoms with Gasteiger partial charge in [0, 0.05) is 11.8 Å². The van der Waals surface area contributed by atoms with Crippen LogP contribution in [-0.2, 0) is 4.74 Å². The van der Waals surface area contributed by atoms with E-state index in [0.29, 0.717) is 24.2 Å². The third kappa shape index (κ3) is 1.61. The average Bonchev–Trinajstić information content (AvgIpc) is 3.16. The summed E-state index contributed by atoms with van der Waals surface area (Å²) >= 11 is 0. The number of aliphatic hydroxyl groups excluding tert-OH is 2. The van der Waals surface area contributed by atoms with Gasteiger partial charge in [-0.25, -0.2) is 0 Å². The van der Waals surface area contributed by atoms with Crippen LogP contribution < -0.4 is 0 Å². The van der Waals surface area contributed by atoms with E-state index < -0.39 is 5.60 Å². The Morgan fingerprint density at radius 3 is 2.54 bits per heavy atom. The predicted octanol–water partition coefficient (Wildman–Crippen LogP) is 2.24. The van der Waals surface area contributed by atoms with Crippen molar-refractivity contribution in [3.05, 3.63) is 0 Å². The molecule has 5 aliphatic rings. The molecular weight excluding hydrogens is 304 g/mol. The van der Waals surface area contributed by atoms with E-state index in [9.17, 15) is 15.3 Å². The van der Waals surface area contributed by atoms with Gasteiger partial charge < -0.3 is 20.1 Å². The fourth-order valence-corrected chi connectivity index (χ4v) is 7.99. The minimum atomic E-state index is -0.559. The van der Waals surface area contributed by atoms with E-state index in [2.05, 4.69) is 6.92 Å². The molecule has 4 aliphatic carbocycles. The van der Waals surface area contributed by atoms with Crippen LogP contribution in [0.25, 0.3) is 0 Å². The van der Waals surface area contributed by atoms with Crippen molar-refractivity contribution in [3.8, 4) is 0 Å².